The summed E-state index contributed by atoms with van der Waals surface area (Å²) in [6.07, 6.45) is 10.3. The Bertz CT molecular complexity index is 339. The van der Waals surface area contributed by atoms with E-state index < -0.39 is 0 Å². The van der Waals surface area contributed by atoms with Gasteiger partial charge in [0.15, 0.2) is 0 Å². The first-order valence-electron chi connectivity index (χ1n) is 7.16. The number of carbonyl (C=O) groups is 1. The second-order valence-corrected chi connectivity index (χ2v) is 6.22. The van der Waals surface area contributed by atoms with Gasteiger partial charge >= 0.3 is 0 Å². The lowest BCUT2D eigenvalue weighted by molar-refractivity contribution is -0.121. The molecule has 0 spiro atoms. The Hall–Kier alpha value is -0.830. The normalized spacial score (nSPS) is 17.3. The third-order valence-corrected chi connectivity index (χ3v) is 4.56. The van der Waals surface area contributed by atoms with Crippen LogP contribution in [0, 0.1) is 0 Å². The second kappa shape index (κ2) is 7.57. The third-order valence-electron chi connectivity index (χ3n) is 3.63. The molecule has 1 aromatic heterocycles. The minimum atomic E-state index is 0.249. The van der Waals surface area contributed by atoms with Crippen molar-refractivity contribution in [3.8, 4) is 0 Å². The molecule has 1 aliphatic carbocycles. The van der Waals surface area contributed by atoms with Gasteiger partial charge in [0, 0.05) is 17.3 Å². The molecule has 0 aliphatic heterocycles. The predicted molar refractivity (Wildman–Crippen MR) is 76.9 cm³/mol. The van der Waals surface area contributed by atoms with Crippen molar-refractivity contribution in [1.82, 2.24) is 5.32 Å². The maximum atomic E-state index is 11.8. The maximum Gasteiger partial charge on any atom is 0.220 e. The maximum absolute atomic E-state index is 11.8. The van der Waals surface area contributed by atoms with Crippen molar-refractivity contribution >= 4 is 17.2 Å². The molecule has 0 unspecified atom stereocenters. The summed E-state index contributed by atoms with van der Waals surface area (Å²) >= 11 is 1.78. The molecule has 3 heteroatoms. The number of aryl methyl sites for hydroxylation is 1. The second-order valence-electron chi connectivity index (χ2n) is 5.19. The van der Waals surface area contributed by atoms with Crippen molar-refractivity contribution in [1.29, 1.82) is 0 Å². The van der Waals surface area contributed by atoms with Gasteiger partial charge in [-0.15, -0.1) is 11.3 Å². The van der Waals surface area contributed by atoms with Crippen molar-refractivity contribution in [3.05, 3.63) is 22.4 Å². The van der Waals surface area contributed by atoms with Crippen LogP contribution in [0.5, 0.6) is 0 Å². The first-order valence-corrected chi connectivity index (χ1v) is 8.04. The molecule has 1 aliphatic rings. The van der Waals surface area contributed by atoms with E-state index >= 15 is 0 Å². The molecule has 1 heterocycles. The van der Waals surface area contributed by atoms with Crippen LogP contribution >= 0.6 is 11.3 Å². The average molecular weight is 265 g/mol. The number of carbonyl (C=O) groups excluding carboxylic acids is 1. The van der Waals surface area contributed by atoms with E-state index in [-0.39, 0.29) is 5.91 Å². The molecular formula is C15H23NOS. The molecule has 2 nitrogen and oxygen atoms in total. The molecule has 2 rings (SSSR count). The molecule has 18 heavy (non-hydrogen) atoms. The van der Waals surface area contributed by atoms with Crippen LogP contribution in [0.15, 0.2) is 17.5 Å². The molecule has 0 saturated heterocycles. The molecule has 1 fully saturated rings. The Morgan fingerprint density at radius 3 is 2.72 bits per heavy atom. The van der Waals surface area contributed by atoms with E-state index in [9.17, 15) is 4.79 Å². The molecule has 1 saturated carbocycles. The molecule has 0 bridgehead atoms. The average Bonchev–Trinajstić information content (AvgIpc) is 2.74. The highest BCUT2D eigenvalue weighted by molar-refractivity contribution is 7.09. The van der Waals surface area contributed by atoms with Crippen LogP contribution in [0.25, 0.3) is 0 Å². The Morgan fingerprint density at radius 1 is 1.28 bits per heavy atom. The zero-order valence-electron chi connectivity index (χ0n) is 11.0. The van der Waals surface area contributed by atoms with E-state index in [4.69, 9.17) is 0 Å². The number of hydrogen-bond acceptors (Lipinski definition) is 2. The standard InChI is InChI=1S/C15H23NOS/c17-15(11-5-9-14-10-6-12-18-14)16-13-7-3-1-2-4-8-13/h6,10,12-13H,1-5,7-9,11H2,(H,16,17). The van der Waals surface area contributed by atoms with E-state index in [0.717, 1.165) is 12.8 Å². The lowest BCUT2D eigenvalue weighted by Gasteiger charge is -2.15. The van der Waals surface area contributed by atoms with E-state index in [1.54, 1.807) is 11.3 Å². The van der Waals surface area contributed by atoms with Crippen LogP contribution in [0.3, 0.4) is 0 Å². The number of thiophene rings is 1. The van der Waals surface area contributed by atoms with Crippen LogP contribution in [-0.2, 0) is 11.2 Å². The molecule has 1 aromatic rings. The van der Waals surface area contributed by atoms with Gasteiger partial charge in [0.05, 0.1) is 0 Å². The summed E-state index contributed by atoms with van der Waals surface area (Å²) in [4.78, 5) is 13.2. The summed E-state index contributed by atoms with van der Waals surface area (Å²) < 4.78 is 0. The third kappa shape index (κ3) is 4.81. The summed E-state index contributed by atoms with van der Waals surface area (Å²) in [7, 11) is 0. The quantitative estimate of drug-likeness (QED) is 0.804. The lowest BCUT2D eigenvalue weighted by Crippen LogP contribution is -2.34. The number of hydrogen-bond donors (Lipinski definition) is 1. The van der Waals surface area contributed by atoms with Crippen molar-refractivity contribution in [2.45, 2.75) is 63.8 Å². The molecule has 100 valence electrons. The van der Waals surface area contributed by atoms with Crippen LogP contribution in [0.2, 0.25) is 0 Å². The van der Waals surface area contributed by atoms with Crippen LogP contribution in [-0.4, -0.2) is 11.9 Å². The Morgan fingerprint density at radius 2 is 2.06 bits per heavy atom. The van der Waals surface area contributed by atoms with Gasteiger partial charge in [0.1, 0.15) is 0 Å². The highest BCUT2D eigenvalue weighted by atomic mass is 32.1. The van der Waals surface area contributed by atoms with Gasteiger partial charge in [0.25, 0.3) is 0 Å². The van der Waals surface area contributed by atoms with Crippen molar-refractivity contribution in [3.63, 3.8) is 0 Å². The van der Waals surface area contributed by atoms with Gasteiger partial charge in [0.2, 0.25) is 5.91 Å². The SMILES string of the molecule is O=C(CCCc1cccs1)NC1CCCCCC1. The van der Waals surface area contributed by atoms with Crippen molar-refractivity contribution in [2.75, 3.05) is 0 Å². The van der Waals surface area contributed by atoms with E-state index in [0.29, 0.717) is 12.5 Å². The Balaban J connectivity index is 1.62. The fourth-order valence-electron chi connectivity index (χ4n) is 2.60. The topological polar surface area (TPSA) is 29.1 Å². The monoisotopic (exact) mass is 265 g/mol. The van der Waals surface area contributed by atoms with Crippen LogP contribution < -0.4 is 5.32 Å². The summed E-state index contributed by atoms with van der Waals surface area (Å²) in [5.41, 5.74) is 0. The molecule has 1 N–H and O–H groups in total. The molecule has 0 atom stereocenters. The van der Waals surface area contributed by atoms with E-state index in [1.807, 2.05) is 0 Å². The van der Waals surface area contributed by atoms with E-state index in [2.05, 4.69) is 22.8 Å². The summed E-state index contributed by atoms with van der Waals surface area (Å²) in [6.45, 7) is 0. The van der Waals surface area contributed by atoms with E-state index in [1.165, 1.54) is 43.4 Å². The number of rotatable bonds is 5. The van der Waals surface area contributed by atoms with Crippen LogP contribution in [0.1, 0.15) is 56.2 Å². The summed E-state index contributed by atoms with van der Waals surface area (Å²) in [5.74, 6) is 0.249. The van der Waals surface area contributed by atoms with Gasteiger partial charge in [-0.1, -0.05) is 31.7 Å². The van der Waals surface area contributed by atoms with Crippen LogP contribution in [0.4, 0.5) is 0 Å². The number of nitrogens with one attached hydrogen (secondary N) is 1. The fourth-order valence-corrected chi connectivity index (χ4v) is 3.35. The Kier molecular flexibility index (Phi) is 5.72. The number of amides is 1. The predicted octanol–water partition coefficient (Wildman–Crippen LogP) is 3.91. The summed E-state index contributed by atoms with van der Waals surface area (Å²) in [6, 6.07) is 4.67. The minimum absolute atomic E-state index is 0.249. The minimum Gasteiger partial charge on any atom is -0.353 e. The lowest BCUT2D eigenvalue weighted by atomic mass is 10.1. The fraction of sp³-hybridized carbons (Fsp3) is 0.667. The Labute approximate surface area is 114 Å². The van der Waals surface area contributed by atoms with Gasteiger partial charge < -0.3 is 5.32 Å². The zero-order chi connectivity index (χ0) is 12.6. The molecule has 1 amide bonds. The highest BCUT2D eigenvalue weighted by Crippen LogP contribution is 2.17. The first kappa shape index (κ1) is 13.6. The molecular weight excluding hydrogens is 242 g/mol. The smallest absolute Gasteiger partial charge is 0.220 e. The highest BCUT2D eigenvalue weighted by Gasteiger charge is 2.14. The molecule has 0 radical (unpaired) electrons. The van der Waals surface area contributed by atoms with Gasteiger partial charge in [-0.05, 0) is 37.1 Å². The largest absolute Gasteiger partial charge is 0.353 e. The van der Waals surface area contributed by atoms with Crippen molar-refractivity contribution in [2.24, 2.45) is 0 Å². The summed E-state index contributed by atoms with van der Waals surface area (Å²) in [5, 5.41) is 5.30. The zero-order valence-corrected chi connectivity index (χ0v) is 11.8. The van der Waals surface area contributed by atoms with Gasteiger partial charge in [-0.3, -0.25) is 4.79 Å². The first-order chi connectivity index (χ1) is 8.84. The molecule has 0 aromatic carbocycles. The van der Waals surface area contributed by atoms with Gasteiger partial charge in [-0.25, -0.2) is 0 Å². The van der Waals surface area contributed by atoms with Crippen molar-refractivity contribution < 1.29 is 4.79 Å². The van der Waals surface area contributed by atoms with Gasteiger partial charge in [-0.2, -0.15) is 0 Å².